The van der Waals surface area contributed by atoms with Crippen molar-refractivity contribution in [2.24, 2.45) is 5.73 Å². The average molecular weight is 775 g/mol. The molecule has 5 amide bonds. The summed E-state index contributed by atoms with van der Waals surface area (Å²) in [5, 5.41) is 8.36. The first-order valence-electron chi connectivity index (χ1n) is 21.0. The van der Waals surface area contributed by atoms with E-state index in [2.05, 4.69) is 22.9 Å². The van der Waals surface area contributed by atoms with Crippen molar-refractivity contribution in [1.29, 1.82) is 0 Å². The predicted molar refractivity (Wildman–Crippen MR) is 215 cm³/mol. The molecule has 0 radical (unpaired) electrons. The first-order valence-corrected chi connectivity index (χ1v) is 20.5. The Hall–Kier alpha value is -4.16. The van der Waals surface area contributed by atoms with Crippen molar-refractivity contribution in [1.82, 2.24) is 21.3 Å². The molecule has 13 nitrogen and oxygen atoms in total. The lowest BCUT2D eigenvalue weighted by molar-refractivity contribution is -0.149. The monoisotopic (exact) mass is 775 g/mol. The van der Waals surface area contributed by atoms with E-state index in [4.69, 9.17) is 16.6 Å². The van der Waals surface area contributed by atoms with Crippen molar-refractivity contribution in [3.63, 3.8) is 0 Å². The molecule has 0 fully saturated rings. The summed E-state index contributed by atoms with van der Waals surface area (Å²) in [5.41, 5.74) is 5.38. The minimum Gasteiger partial charge on any atom is -0.459 e. The van der Waals surface area contributed by atoms with Gasteiger partial charge in [0.05, 0.1) is 0 Å². The largest absolute Gasteiger partial charge is 0.459 e. The minimum absolute atomic E-state index is 0.00552. The van der Waals surface area contributed by atoms with Crippen LogP contribution in [-0.2, 0) is 40.1 Å². The van der Waals surface area contributed by atoms with E-state index in [1.807, 2.05) is 30.3 Å². The van der Waals surface area contributed by atoms with Crippen LogP contribution in [0.25, 0.3) is 0 Å². The third-order valence-electron chi connectivity index (χ3n) is 8.98. The van der Waals surface area contributed by atoms with E-state index in [1.165, 1.54) is 71.1 Å². The Kier molecular flexibility index (Phi) is 24.9. The van der Waals surface area contributed by atoms with Crippen LogP contribution < -0.4 is 27.0 Å². The zero-order chi connectivity index (χ0) is 41.8. The van der Waals surface area contributed by atoms with Gasteiger partial charge >= 0.3 is 12.1 Å². The summed E-state index contributed by atoms with van der Waals surface area (Å²) in [5.74, 6) is -2.94. The van der Waals surface area contributed by atoms with Gasteiger partial charge in [-0.05, 0) is 65.4 Å². The topological polar surface area (TPSA) is 195 Å². The fraction of sp³-hybridized carbons (Fsp3) is 0.714. The van der Waals surface area contributed by atoms with Gasteiger partial charge < -0.3 is 36.5 Å². The molecule has 1 aromatic rings. The molecule has 0 saturated heterocycles. The van der Waals surface area contributed by atoms with Crippen LogP contribution >= 0.6 is 0 Å². The number of esters is 1. The van der Waals surface area contributed by atoms with E-state index < -0.39 is 53.5 Å². The Morgan fingerprint density at radius 1 is 0.727 bits per heavy atom. The minimum atomic E-state index is -1.33. The van der Waals surface area contributed by atoms with Gasteiger partial charge in [0.15, 0.2) is 1.41 Å². The van der Waals surface area contributed by atoms with Crippen molar-refractivity contribution in [2.45, 2.75) is 187 Å². The zero-order valence-corrected chi connectivity index (χ0v) is 34.3. The summed E-state index contributed by atoms with van der Waals surface area (Å²) >= 11 is 0. The van der Waals surface area contributed by atoms with Crippen molar-refractivity contribution in [3.8, 4) is 0 Å². The quantitative estimate of drug-likeness (QED) is 0.0424. The summed E-state index contributed by atoms with van der Waals surface area (Å²) in [4.78, 5) is 75.6. The number of nitrogens with one attached hydrogen (secondary N) is 4. The Morgan fingerprint density at radius 2 is 1.31 bits per heavy atom. The maximum absolute atomic E-state index is 13.1. The van der Waals surface area contributed by atoms with Crippen LogP contribution in [0.2, 0.25) is 1.41 Å². The summed E-state index contributed by atoms with van der Waals surface area (Å²) in [7, 11) is 0. The SMILES string of the molecule is [2H]N(C(=O)OC(C)(C)C)[C@@H](C)C(=O)N[C@@H](CCC(=O)N[C@@H](CCCCNC(=O)CCCCCCCCCCCCCCC)C(=O)OCc1ccccc1)C(N)=O. The van der Waals surface area contributed by atoms with Crippen LogP contribution in [0.4, 0.5) is 4.79 Å². The molecule has 1 rings (SSSR count). The first kappa shape index (κ1) is 47.0. The number of unbranched alkanes of at least 4 members (excludes halogenated alkanes) is 13. The van der Waals surface area contributed by atoms with Crippen LogP contribution in [-0.4, -0.2) is 66.0 Å². The molecule has 0 aliphatic carbocycles. The van der Waals surface area contributed by atoms with E-state index >= 15 is 0 Å². The molecule has 0 aliphatic heterocycles. The molecule has 0 saturated carbocycles. The molecule has 55 heavy (non-hydrogen) atoms. The Balaban J connectivity index is 2.52. The van der Waals surface area contributed by atoms with E-state index in [0.717, 1.165) is 24.8 Å². The van der Waals surface area contributed by atoms with Crippen LogP contribution in [0, 0.1) is 0 Å². The van der Waals surface area contributed by atoms with Crippen molar-refractivity contribution < 1.29 is 39.7 Å². The van der Waals surface area contributed by atoms with Gasteiger partial charge in [-0.15, -0.1) is 0 Å². The van der Waals surface area contributed by atoms with Gasteiger partial charge in [0.1, 0.15) is 30.3 Å². The molecule has 3 atom stereocenters. The first-order chi connectivity index (χ1) is 26.6. The third kappa shape index (κ3) is 26.3. The highest BCUT2D eigenvalue weighted by Crippen LogP contribution is 2.14. The molecule has 0 aromatic heterocycles. The Bertz CT molecular complexity index is 1310. The third-order valence-corrected chi connectivity index (χ3v) is 8.98. The number of hydrogen-bond donors (Lipinski definition) is 5. The number of carbonyl (C=O) groups is 6. The lowest BCUT2D eigenvalue weighted by Gasteiger charge is -2.23. The molecular formula is C42H71N5O8. The van der Waals surface area contributed by atoms with Crippen molar-refractivity contribution in [2.75, 3.05) is 6.54 Å². The Morgan fingerprint density at radius 3 is 1.87 bits per heavy atom. The molecule has 0 spiro atoms. The maximum Gasteiger partial charge on any atom is 0.408 e. The standard InChI is InChI=1S/C42H71N5O8/c1-6-7-8-9-10-11-12-13-14-15-16-17-21-27-36(48)44-30-23-22-26-35(40(52)54-31-33-24-19-18-20-25-33)46-37(49)29-28-34(38(43)50)47-39(51)32(2)45-41(53)55-42(3,4)5/h18-20,24-25,32,34-35H,6-17,21-23,26-31H2,1-5H3,(H2,43,50)(H,44,48)(H,45,53)(H,46,49)(H,47,51)/t32-,34-,35-/m0/s1/i/hD. The molecule has 312 valence electrons. The number of carbonyl (C=O) groups excluding carboxylic acids is 6. The van der Waals surface area contributed by atoms with Crippen LogP contribution in [0.5, 0.6) is 0 Å². The van der Waals surface area contributed by atoms with Gasteiger partial charge in [0, 0.05) is 19.4 Å². The van der Waals surface area contributed by atoms with Crippen molar-refractivity contribution >= 4 is 35.7 Å². The molecule has 1 aromatic carbocycles. The highest BCUT2D eigenvalue weighted by atomic mass is 16.6. The number of alkyl carbamates (subject to hydrolysis) is 1. The highest BCUT2D eigenvalue weighted by molar-refractivity contribution is 5.91. The molecule has 0 heterocycles. The lowest BCUT2D eigenvalue weighted by atomic mass is 10.0. The number of nitrogens with two attached hydrogens (primary N) is 1. The van der Waals surface area contributed by atoms with Gasteiger partial charge in [-0.1, -0.05) is 114 Å². The highest BCUT2D eigenvalue weighted by Gasteiger charge is 2.27. The summed E-state index contributed by atoms with van der Waals surface area (Å²) in [6, 6.07) is 5.52. The number of hydrogen-bond acceptors (Lipinski definition) is 8. The fourth-order valence-corrected chi connectivity index (χ4v) is 5.80. The summed E-state index contributed by atoms with van der Waals surface area (Å²) in [6.07, 6.45) is 16.5. The molecule has 13 heteroatoms. The molecule has 0 aliphatic rings. The van der Waals surface area contributed by atoms with Gasteiger partial charge in [-0.2, -0.15) is 0 Å². The number of amides is 5. The summed E-state index contributed by atoms with van der Waals surface area (Å²) < 4.78 is 18.6. The van der Waals surface area contributed by atoms with E-state index in [0.29, 0.717) is 31.1 Å². The molecule has 0 bridgehead atoms. The second-order valence-corrected chi connectivity index (χ2v) is 15.3. The number of benzene rings is 1. The predicted octanol–water partition coefficient (Wildman–Crippen LogP) is 6.65. The Labute approximate surface area is 331 Å². The van der Waals surface area contributed by atoms with Crippen molar-refractivity contribution in [3.05, 3.63) is 35.9 Å². The van der Waals surface area contributed by atoms with Gasteiger partial charge in [0.25, 0.3) is 0 Å². The average Bonchev–Trinajstić information content (AvgIpc) is 3.15. The summed E-state index contributed by atoms with van der Waals surface area (Å²) in [6.45, 7) is 8.85. The number of ether oxygens (including phenoxy) is 2. The van der Waals surface area contributed by atoms with Crippen LogP contribution in [0.1, 0.15) is 162 Å². The van der Waals surface area contributed by atoms with Crippen LogP contribution in [0.15, 0.2) is 30.3 Å². The maximum atomic E-state index is 13.1. The second kappa shape index (κ2) is 29.2. The van der Waals surface area contributed by atoms with Crippen LogP contribution in [0.3, 0.4) is 0 Å². The zero-order valence-electron chi connectivity index (χ0n) is 35.3. The molecular weight excluding hydrogens is 702 g/mol. The normalized spacial score (nSPS) is 13.1. The van der Waals surface area contributed by atoms with E-state index in [1.54, 1.807) is 20.8 Å². The number of primary amides is 1. The number of rotatable bonds is 30. The lowest BCUT2D eigenvalue weighted by Crippen LogP contribution is -2.52. The van der Waals surface area contributed by atoms with E-state index in [-0.39, 0.29) is 31.8 Å². The van der Waals surface area contributed by atoms with E-state index in [9.17, 15) is 28.8 Å². The van der Waals surface area contributed by atoms with Gasteiger partial charge in [-0.3, -0.25) is 19.2 Å². The van der Waals surface area contributed by atoms with Gasteiger partial charge in [0.2, 0.25) is 23.6 Å². The molecule has 6 N–H and O–H groups in total. The second-order valence-electron chi connectivity index (χ2n) is 15.3. The van der Waals surface area contributed by atoms with Gasteiger partial charge in [-0.25, -0.2) is 9.59 Å². The molecule has 0 unspecified atom stereocenters. The smallest absolute Gasteiger partial charge is 0.408 e. The fourth-order valence-electron chi connectivity index (χ4n) is 5.80.